The Morgan fingerprint density at radius 3 is 2.00 bits per heavy atom. The van der Waals surface area contributed by atoms with Crippen molar-refractivity contribution in [1.82, 2.24) is 0 Å². The van der Waals surface area contributed by atoms with E-state index < -0.39 is 8.07 Å². The summed E-state index contributed by atoms with van der Waals surface area (Å²) in [5.41, 5.74) is -0.333. The topological polar surface area (TPSA) is 20.2 Å². The molecule has 1 rings (SSSR count). The Hall–Kier alpha value is 0.177. The minimum Gasteiger partial charge on any atom is -0.390 e. The van der Waals surface area contributed by atoms with Gasteiger partial charge in [-0.3, -0.25) is 0 Å². The second-order valence-electron chi connectivity index (χ2n) is 7.72. The average Bonchev–Trinajstić information content (AvgIpc) is 2.16. The van der Waals surface area contributed by atoms with Crippen molar-refractivity contribution in [2.45, 2.75) is 89.6 Å². The molecule has 0 atom stereocenters. The van der Waals surface area contributed by atoms with Gasteiger partial charge in [0.1, 0.15) is 0 Å². The van der Waals surface area contributed by atoms with Gasteiger partial charge in [0.15, 0.2) is 0 Å². The minimum atomic E-state index is -1.40. The molecule has 1 nitrogen and oxygen atoms in total. The Kier molecular flexibility index (Phi) is 4.52. The van der Waals surface area contributed by atoms with Crippen molar-refractivity contribution in [3.05, 3.63) is 0 Å². The maximum Gasteiger partial charge on any atom is 0.0624 e. The van der Waals surface area contributed by atoms with Crippen LogP contribution >= 0.6 is 0 Å². The molecule has 0 unspecified atom stereocenters. The van der Waals surface area contributed by atoms with Crippen molar-refractivity contribution in [3.63, 3.8) is 0 Å². The highest BCUT2D eigenvalue weighted by molar-refractivity contribution is 6.80. The molecular formula is C15H32OSi. The van der Waals surface area contributed by atoms with E-state index in [1.807, 2.05) is 0 Å². The van der Waals surface area contributed by atoms with E-state index in [2.05, 4.69) is 40.8 Å². The third-order valence-electron chi connectivity index (χ3n) is 5.74. The predicted molar refractivity (Wildman–Crippen MR) is 79.2 cm³/mol. The van der Waals surface area contributed by atoms with Gasteiger partial charge in [0, 0.05) is 0 Å². The molecule has 0 amide bonds. The van der Waals surface area contributed by atoms with Crippen LogP contribution in [0.15, 0.2) is 0 Å². The standard InChI is InChI=1S/C15H32OSi/c1-13(2)14(3,4)17(5,6)12-15(16)10-8-7-9-11-15/h13,16H,7-12H2,1-6H3. The summed E-state index contributed by atoms with van der Waals surface area (Å²) in [7, 11) is -1.40. The largest absolute Gasteiger partial charge is 0.390 e. The molecule has 0 saturated heterocycles. The molecule has 1 N–H and O–H groups in total. The van der Waals surface area contributed by atoms with E-state index in [-0.39, 0.29) is 5.60 Å². The monoisotopic (exact) mass is 256 g/mol. The van der Waals surface area contributed by atoms with Gasteiger partial charge in [-0.2, -0.15) is 0 Å². The van der Waals surface area contributed by atoms with E-state index >= 15 is 0 Å². The van der Waals surface area contributed by atoms with Crippen LogP contribution in [0.1, 0.15) is 59.8 Å². The molecule has 0 aromatic carbocycles. The van der Waals surface area contributed by atoms with Gasteiger partial charge in [-0.15, -0.1) is 0 Å². The molecule has 0 bridgehead atoms. The molecule has 17 heavy (non-hydrogen) atoms. The van der Waals surface area contributed by atoms with E-state index in [4.69, 9.17) is 0 Å². The summed E-state index contributed by atoms with van der Waals surface area (Å²) in [5, 5.41) is 11.2. The third kappa shape index (κ3) is 3.34. The van der Waals surface area contributed by atoms with Gasteiger partial charge in [0.25, 0.3) is 0 Å². The van der Waals surface area contributed by atoms with E-state index in [0.717, 1.165) is 18.9 Å². The molecule has 1 fully saturated rings. The van der Waals surface area contributed by atoms with E-state index in [9.17, 15) is 5.11 Å². The first kappa shape index (κ1) is 15.2. The molecule has 0 heterocycles. The van der Waals surface area contributed by atoms with E-state index in [1.54, 1.807) is 0 Å². The van der Waals surface area contributed by atoms with Crippen LogP contribution in [0.5, 0.6) is 0 Å². The first-order chi connectivity index (χ1) is 7.61. The lowest BCUT2D eigenvalue weighted by atomic mass is 9.86. The first-order valence-corrected chi connectivity index (χ1v) is 10.5. The fourth-order valence-corrected chi connectivity index (χ4v) is 7.24. The highest BCUT2D eigenvalue weighted by Crippen LogP contribution is 2.49. The van der Waals surface area contributed by atoms with Crippen LogP contribution in [0.4, 0.5) is 0 Å². The average molecular weight is 257 g/mol. The highest BCUT2D eigenvalue weighted by Gasteiger charge is 2.46. The fourth-order valence-electron chi connectivity index (χ4n) is 3.22. The fraction of sp³-hybridized carbons (Fsp3) is 1.00. The van der Waals surface area contributed by atoms with Crippen molar-refractivity contribution in [2.75, 3.05) is 0 Å². The smallest absolute Gasteiger partial charge is 0.0624 e. The van der Waals surface area contributed by atoms with Crippen molar-refractivity contribution in [2.24, 2.45) is 5.92 Å². The lowest BCUT2D eigenvalue weighted by Crippen LogP contribution is -2.49. The zero-order valence-electron chi connectivity index (χ0n) is 12.8. The molecule has 2 heteroatoms. The first-order valence-electron chi connectivity index (χ1n) is 7.33. The van der Waals surface area contributed by atoms with Crippen molar-refractivity contribution < 1.29 is 5.11 Å². The predicted octanol–water partition coefficient (Wildman–Crippen LogP) is 4.83. The van der Waals surface area contributed by atoms with Crippen LogP contribution in [0.25, 0.3) is 0 Å². The lowest BCUT2D eigenvalue weighted by molar-refractivity contribution is 0.0202. The zero-order chi connectivity index (χ0) is 13.3. The maximum absolute atomic E-state index is 10.8. The molecule has 1 aliphatic carbocycles. The molecule has 0 radical (unpaired) electrons. The van der Waals surface area contributed by atoms with Gasteiger partial charge in [0.05, 0.1) is 13.7 Å². The summed E-state index contributed by atoms with van der Waals surface area (Å²) in [6, 6.07) is 1.09. The Balaban J connectivity index is 2.77. The van der Waals surface area contributed by atoms with Crippen LogP contribution in [-0.2, 0) is 0 Å². The maximum atomic E-state index is 10.8. The summed E-state index contributed by atoms with van der Waals surface area (Å²) < 4.78 is 0. The van der Waals surface area contributed by atoms with E-state index in [0.29, 0.717) is 11.0 Å². The quantitative estimate of drug-likeness (QED) is 0.715. The Bertz CT molecular complexity index is 250. The van der Waals surface area contributed by atoms with Gasteiger partial charge in [-0.05, 0) is 29.8 Å². The summed E-state index contributed by atoms with van der Waals surface area (Å²) in [5.74, 6) is 0.705. The van der Waals surface area contributed by atoms with Crippen LogP contribution in [0.2, 0.25) is 24.2 Å². The molecule has 1 aliphatic rings. The lowest BCUT2D eigenvalue weighted by Gasteiger charge is -2.48. The van der Waals surface area contributed by atoms with Crippen LogP contribution in [0, 0.1) is 5.92 Å². The second-order valence-corrected chi connectivity index (χ2v) is 13.1. The normalized spacial score (nSPS) is 21.9. The third-order valence-corrected chi connectivity index (χ3v) is 11.4. The summed E-state index contributed by atoms with van der Waals surface area (Å²) in [6.45, 7) is 14.4. The number of aliphatic hydroxyl groups is 1. The van der Waals surface area contributed by atoms with Crippen molar-refractivity contribution in [1.29, 1.82) is 0 Å². The number of rotatable bonds is 4. The number of hydrogen-bond donors (Lipinski definition) is 1. The minimum absolute atomic E-state index is 0.333. The van der Waals surface area contributed by atoms with Gasteiger partial charge >= 0.3 is 0 Å². The SMILES string of the molecule is CC(C)C(C)(C)[Si](C)(C)CC1(O)CCCCC1. The van der Waals surface area contributed by atoms with Gasteiger partial charge in [-0.1, -0.05) is 60.1 Å². The summed E-state index contributed by atoms with van der Waals surface area (Å²) in [4.78, 5) is 0. The molecule has 0 aromatic heterocycles. The molecular weight excluding hydrogens is 224 g/mol. The van der Waals surface area contributed by atoms with Gasteiger partial charge in [-0.25, -0.2) is 0 Å². The van der Waals surface area contributed by atoms with Crippen molar-refractivity contribution >= 4 is 8.07 Å². The van der Waals surface area contributed by atoms with Crippen LogP contribution in [0.3, 0.4) is 0 Å². The van der Waals surface area contributed by atoms with Crippen LogP contribution in [-0.4, -0.2) is 18.8 Å². The molecule has 0 spiro atoms. The molecule has 0 aromatic rings. The molecule has 102 valence electrons. The van der Waals surface area contributed by atoms with Crippen molar-refractivity contribution in [3.8, 4) is 0 Å². The van der Waals surface area contributed by atoms with Crippen LogP contribution < -0.4 is 0 Å². The van der Waals surface area contributed by atoms with E-state index in [1.165, 1.54) is 19.3 Å². The Labute approximate surface area is 109 Å². The zero-order valence-corrected chi connectivity index (χ0v) is 13.8. The Morgan fingerprint density at radius 1 is 1.12 bits per heavy atom. The summed E-state index contributed by atoms with van der Waals surface area (Å²) >= 11 is 0. The molecule has 0 aliphatic heterocycles. The highest BCUT2D eigenvalue weighted by atomic mass is 28.3. The summed E-state index contributed by atoms with van der Waals surface area (Å²) in [6.07, 6.45) is 5.85. The Morgan fingerprint density at radius 2 is 1.59 bits per heavy atom. The number of hydrogen-bond acceptors (Lipinski definition) is 1. The molecule has 1 saturated carbocycles. The van der Waals surface area contributed by atoms with Gasteiger partial charge < -0.3 is 5.11 Å². The van der Waals surface area contributed by atoms with Gasteiger partial charge in [0.2, 0.25) is 0 Å². The second kappa shape index (κ2) is 5.04.